The van der Waals surface area contributed by atoms with E-state index in [-0.39, 0.29) is 12.5 Å². The van der Waals surface area contributed by atoms with Gasteiger partial charge in [-0.3, -0.25) is 9.36 Å². The lowest BCUT2D eigenvalue weighted by Crippen LogP contribution is -2.45. The Morgan fingerprint density at radius 1 is 0.567 bits per heavy atom. The zero-order valence-electron chi connectivity index (χ0n) is 39.9. The van der Waals surface area contributed by atoms with E-state index in [1.807, 2.05) is 27.2 Å². The molecule has 0 radical (unpaired) electrons. The van der Waals surface area contributed by atoms with Crippen LogP contribution in [0, 0.1) is 0 Å². The van der Waals surface area contributed by atoms with Gasteiger partial charge in [-0.05, 0) is 70.6 Å². The maximum absolute atomic E-state index is 12.9. The zero-order chi connectivity index (χ0) is 44.3. The third-order valence-corrected chi connectivity index (χ3v) is 12.0. The second kappa shape index (κ2) is 42.7. The van der Waals surface area contributed by atoms with Gasteiger partial charge in [0.25, 0.3) is 7.82 Å². The van der Waals surface area contributed by atoms with Crippen LogP contribution in [0.25, 0.3) is 0 Å². The van der Waals surface area contributed by atoms with Gasteiger partial charge in [0, 0.05) is 6.42 Å². The van der Waals surface area contributed by atoms with Crippen molar-refractivity contribution >= 4 is 13.7 Å². The molecule has 0 heterocycles. The molecule has 352 valence electrons. The number of phosphoric ester groups is 1. The Kier molecular flexibility index (Phi) is 41.6. The molecule has 3 unspecified atom stereocenters. The largest absolute Gasteiger partial charge is 0.756 e. The number of unbranched alkanes of at least 4 members (excludes halogenated alkanes) is 26. The average Bonchev–Trinajstić information content (AvgIpc) is 3.20. The summed E-state index contributed by atoms with van der Waals surface area (Å²) < 4.78 is 23.2. The first-order valence-electron chi connectivity index (χ1n) is 25.0. The summed E-state index contributed by atoms with van der Waals surface area (Å²) >= 11 is 0. The van der Waals surface area contributed by atoms with E-state index < -0.39 is 26.6 Å². The lowest BCUT2D eigenvalue weighted by molar-refractivity contribution is -0.870. The van der Waals surface area contributed by atoms with Crippen LogP contribution in [0.3, 0.4) is 0 Å². The minimum Gasteiger partial charge on any atom is -0.756 e. The van der Waals surface area contributed by atoms with Crippen LogP contribution in [-0.2, 0) is 18.4 Å². The van der Waals surface area contributed by atoms with Crippen molar-refractivity contribution in [1.29, 1.82) is 0 Å². The predicted octanol–water partition coefficient (Wildman–Crippen LogP) is 13.8. The lowest BCUT2D eigenvalue weighted by Gasteiger charge is -2.29. The summed E-state index contributed by atoms with van der Waals surface area (Å²) in [6.45, 7) is 4.61. The van der Waals surface area contributed by atoms with Crippen LogP contribution in [0.15, 0.2) is 48.6 Å². The quantitative estimate of drug-likeness (QED) is 0.0273. The smallest absolute Gasteiger partial charge is 0.268 e. The molecule has 0 aliphatic heterocycles. The SMILES string of the molecule is CCCCCCCCC/C=C/CC/C=C/CC/C=C/C(O)C(COP(=O)([O-])OCC[N+](C)(C)C)NC(=O)CCCCCCCCC/C=C\CCCCCCCCCCCC. The molecule has 0 aliphatic carbocycles. The van der Waals surface area contributed by atoms with Gasteiger partial charge in [-0.2, -0.15) is 0 Å². The molecule has 2 N–H and O–H groups in total. The summed E-state index contributed by atoms with van der Waals surface area (Å²) in [5.41, 5.74) is 0. The first-order valence-corrected chi connectivity index (χ1v) is 26.5. The highest BCUT2D eigenvalue weighted by Crippen LogP contribution is 2.38. The molecule has 0 rings (SSSR count). The minimum absolute atomic E-state index is 0.0106. The summed E-state index contributed by atoms with van der Waals surface area (Å²) in [5.74, 6) is -0.216. The van der Waals surface area contributed by atoms with Crippen molar-refractivity contribution in [2.24, 2.45) is 0 Å². The van der Waals surface area contributed by atoms with Gasteiger partial charge in [0.2, 0.25) is 5.91 Å². The summed E-state index contributed by atoms with van der Waals surface area (Å²) in [5, 5.41) is 13.8. The van der Waals surface area contributed by atoms with Crippen molar-refractivity contribution in [3.8, 4) is 0 Å². The number of rotatable bonds is 45. The van der Waals surface area contributed by atoms with Gasteiger partial charge in [0.1, 0.15) is 13.2 Å². The van der Waals surface area contributed by atoms with Crippen LogP contribution in [-0.4, -0.2) is 68.5 Å². The molecule has 0 bridgehead atoms. The number of hydrogen-bond donors (Lipinski definition) is 2. The van der Waals surface area contributed by atoms with Crippen molar-refractivity contribution in [1.82, 2.24) is 5.32 Å². The molecule has 0 aromatic rings. The summed E-state index contributed by atoms with van der Waals surface area (Å²) in [6, 6.07) is -0.912. The molecule has 0 spiro atoms. The highest BCUT2D eigenvalue weighted by molar-refractivity contribution is 7.45. The number of likely N-dealkylation sites (N-methyl/N-ethyl adjacent to an activating group) is 1. The fourth-order valence-corrected chi connectivity index (χ4v) is 7.73. The first-order chi connectivity index (χ1) is 29.0. The summed E-state index contributed by atoms with van der Waals surface area (Å²) in [6.07, 6.45) is 54.5. The maximum atomic E-state index is 12.9. The van der Waals surface area contributed by atoms with E-state index in [2.05, 4.69) is 55.6 Å². The van der Waals surface area contributed by atoms with Gasteiger partial charge in [-0.15, -0.1) is 0 Å². The van der Waals surface area contributed by atoms with Gasteiger partial charge in [0.05, 0.1) is 39.9 Å². The van der Waals surface area contributed by atoms with E-state index in [9.17, 15) is 19.4 Å². The molecule has 0 aliphatic rings. The molecule has 0 saturated heterocycles. The molecule has 0 aromatic carbocycles. The Balaban J connectivity index is 4.39. The summed E-state index contributed by atoms with van der Waals surface area (Å²) in [7, 11) is 1.23. The Morgan fingerprint density at radius 3 is 1.35 bits per heavy atom. The van der Waals surface area contributed by atoms with E-state index >= 15 is 0 Å². The lowest BCUT2D eigenvalue weighted by atomic mass is 10.1. The van der Waals surface area contributed by atoms with Crippen molar-refractivity contribution in [2.75, 3.05) is 40.9 Å². The number of carbonyl (C=O) groups is 1. The van der Waals surface area contributed by atoms with Crippen LogP contribution in [0.4, 0.5) is 0 Å². The van der Waals surface area contributed by atoms with Gasteiger partial charge in [-0.25, -0.2) is 0 Å². The van der Waals surface area contributed by atoms with E-state index in [1.165, 1.54) is 154 Å². The number of quaternary nitrogens is 1. The number of carbonyl (C=O) groups excluding carboxylic acids is 1. The summed E-state index contributed by atoms with van der Waals surface area (Å²) in [4.78, 5) is 25.4. The molecule has 3 atom stereocenters. The molecular formula is C51H97N2O6P. The third-order valence-electron chi connectivity index (χ3n) is 11.0. The number of aliphatic hydroxyl groups excluding tert-OH is 1. The molecule has 8 nitrogen and oxygen atoms in total. The first kappa shape index (κ1) is 58.5. The fourth-order valence-electron chi connectivity index (χ4n) is 7.00. The van der Waals surface area contributed by atoms with Crippen LogP contribution in [0.1, 0.15) is 219 Å². The molecule has 0 aromatic heterocycles. The van der Waals surface area contributed by atoms with Crippen molar-refractivity contribution in [3.63, 3.8) is 0 Å². The molecule has 0 fully saturated rings. The highest BCUT2D eigenvalue weighted by Gasteiger charge is 2.23. The zero-order valence-corrected chi connectivity index (χ0v) is 40.8. The predicted molar refractivity (Wildman–Crippen MR) is 256 cm³/mol. The second-order valence-electron chi connectivity index (χ2n) is 18.1. The number of nitrogens with zero attached hydrogens (tertiary/aromatic N) is 1. The Morgan fingerprint density at radius 2 is 0.933 bits per heavy atom. The Labute approximate surface area is 371 Å². The molecule has 9 heteroatoms. The number of amides is 1. The third kappa shape index (κ3) is 44.5. The van der Waals surface area contributed by atoms with Gasteiger partial charge < -0.3 is 28.8 Å². The van der Waals surface area contributed by atoms with E-state index in [4.69, 9.17) is 9.05 Å². The number of hydrogen-bond acceptors (Lipinski definition) is 6. The van der Waals surface area contributed by atoms with Crippen molar-refractivity contribution in [2.45, 2.75) is 231 Å². The fraction of sp³-hybridized carbons (Fsp3) is 0.824. The van der Waals surface area contributed by atoms with Gasteiger partial charge in [-0.1, -0.05) is 191 Å². The van der Waals surface area contributed by atoms with Crippen molar-refractivity contribution < 1.29 is 32.9 Å². The van der Waals surface area contributed by atoms with Crippen LogP contribution in [0.5, 0.6) is 0 Å². The van der Waals surface area contributed by atoms with Gasteiger partial charge >= 0.3 is 0 Å². The number of allylic oxidation sites excluding steroid dienone is 7. The Hall–Kier alpha value is -1.54. The van der Waals surface area contributed by atoms with Crippen LogP contribution >= 0.6 is 7.82 Å². The molecule has 60 heavy (non-hydrogen) atoms. The van der Waals surface area contributed by atoms with Gasteiger partial charge in [0.15, 0.2) is 0 Å². The normalized spacial score (nSPS) is 14.6. The topological polar surface area (TPSA) is 108 Å². The standard InChI is InChI=1S/C51H97N2O6P/c1-6-8-10-12-14-16-18-20-22-24-25-26-27-29-31-33-35-37-39-41-43-45-51(55)52-49(48-59-60(56,57)58-47-46-53(3,4)5)50(54)44-42-40-38-36-34-32-30-28-23-21-19-17-15-13-11-9-7-2/h23,26-28,34,36,42,44,49-50,54H,6-22,24-25,29-33,35,37-41,43,45-48H2,1-5H3,(H-,52,55,56,57)/b27-26-,28-23+,36-34+,44-42+. The maximum Gasteiger partial charge on any atom is 0.268 e. The highest BCUT2D eigenvalue weighted by atomic mass is 31.2. The van der Waals surface area contributed by atoms with E-state index in [1.54, 1.807) is 6.08 Å². The molecule has 0 saturated carbocycles. The Bertz CT molecular complexity index is 1120. The minimum atomic E-state index is -4.60. The van der Waals surface area contributed by atoms with Crippen LogP contribution in [0.2, 0.25) is 0 Å². The molecular weight excluding hydrogens is 768 g/mol. The average molecular weight is 865 g/mol. The second-order valence-corrected chi connectivity index (χ2v) is 19.6. The monoisotopic (exact) mass is 865 g/mol. The van der Waals surface area contributed by atoms with E-state index in [0.717, 1.165) is 44.9 Å². The number of phosphoric acid groups is 1. The van der Waals surface area contributed by atoms with Crippen molar-refractivity contribution in [3.05, 3.63) is 48.6 Å². The molecule has 1 amide bonds. The number of nitrogens with one attached hydrogen (secondary N) is 1. The van der Waals surface area contributed by atoms with Crippen LogP contribution < -0.4 is 10.2 Å². The number of aliphatic hydroxyl groups is 1. The van der Waals surface area contributed by atoms with E-state index in [0.29, 0.717) is 17.4 Å².